The number of carboxylic acid groups (broad SMARTS) is 1. The van der Waals surface area contributed by atoms with Gasteiger partial charge in [-0.15, -0.1) is 26.0 Å². The van der Waals surface area contributed by atoms with Crippen molar-refractivity contribution in [2.45, 2.75) is 85.2 Å². The van der Waals surface area contributed by atoms with Gasteiger partial charge in [-0.25, -0.2) is 0 Å². The molecule has 0 saturated carbocycles. The van der Waals surface area contributed by atoms with Crippen molar-refractivity contribution < 1.29 is 19.4 Å². The third-order valence-corrected chi connectivity index (χ3v) is 4.94. The van der Waals surface area contributed by atoms with Gasteiger partial charge in [0, 0.05) is 12.8 Å². The predicted octanol–water partition coefficient (Wildman–Crippen LogP) is 9.66. The lowest BCUT2D eigenvalue weighted by Crippen LogP contribution is -2.15. The van der Waals surface area contributed by atoms with Gasteiger partial charge in [-0.05, 0) is 69.4 Å². The molecule has 1 unspecified atom stereocenters. The van der Waals surface area contributed by atoms with E-state index in [9.17, 15) is 4.79 Å². The monoisotopic (exact) mass is 536 g/mol. The number of allylic oxidation sites excluding steroid dienone is 7. The second-order valence-corrected chi connectivity index (χ2v) is 8.37. The van der Waals surface area contributed by atoms with Crippen LogP contribution >= 0.6 is 0 Å². The molecule has 0 radical (unpaired) electrons. The summed E-state index contributed by atoms with van der Waals surface area (Å²) in [5.74, 6) is 0.831. The number of carboxylic acids is 1. The second-order valence-electron chi connectivity index (χ2n) is 8.37. The highest BCUT2D eigenvalue weighted by atomic mass is 16.5. The number of ether oxygens (including phenoxy) is 2. The number of terminal acetylenes is 1. The fraction of sp³-hybridized carbons (Fsp3) is 0.400. The Balaban J connectivity index is -0.000000715. The molecule has 216 valence electrons. The number of hydrogen-bond acceptors (Lipinski definition) is 3. The van der Waals surface area contributed by atoms with E-state index < -0.39 is 5.97 Å². The molecule has 1 aliphatic rings. The van der Waals surface area contributed by atoms with Crippen LogP contribution < -0.4 is 4.74 Å². The molecule has 0 fully saturated rings. The SMILES string of the molecule is C#C.C=C1/C=C(OC)\C=C/CC(Oc2ccc(CCC(=O)O)cc2)CC1.C=CC.C=CC/C=C\C.CCCC. The molecule has 1 aromatic rings. The normalized spacial score (nSPS) is 15.9. The van der Waals surface area contributed by atoms with Crippen LogP contribution in [0.1, 0.15) is 78.2 Å². The number of methoxy groups -OCH3 is 1. The van der Waals surface area contributed by atoms with Crippen molar-refractivity contribution in [1.29, 1.82) is 0 Å². The Kier molecular flexibility index (Phi) is 31.1. The van der Waals surface area contributed by atoms with Crippen molar-refractivity contribution in [2.75, 3.05) is 7.11 Å². The predicted molar refractivity (Wildman–Crippen MR) is 170 cm³/mol. The summed E-state index contributed by atoms with van der Waals surface area (Å²) in [5, 5.41) is 8.72. The lowest BCUT2D eigenvalue weighted by Gasteiger charge is -2.18. The molecule has 1 N–H and O–H groups in total. The summed E-state index contributed by atoms with van der Waals surface area (Å²) in [6.45, 7) is 19.2. The smallest absolute Gasteiger partial charge is 0.303 e. The van der Waals surface area contributed by atoms with Crippen molar-refractivity contribution in [2.24, 2.45) is 0 Å². The Labute approximate surface area is 239 Å². The van der Waals surface area contributed by atoms with Gasteiger partial charge in [0.15, 0.2) is 0 Å². The molecule has 1 aromatic carbocycles. The Bertz CT molecular complexity index is 868. The van der Waals surface area contributed by atoms with E-state index in [2.05, 4.69) is 58.6 Å². The number of unbranched alkanes of at least 4 members (excludes halogenated alkanes) is 1. The van der Waals surface area contributed by atoms with E-state index in [-0.39, 0.29) is 12.5 Å². The van der Waals surface area contributed by atoms with Gasteiger partial charge in [-0.3, -0.25) is 4.79 Å². The van der Waals surface area contributed by atoms with Crippen LogP contribution in [-0.2, 0) is 16.0 Å². The molecule has 39 heavy (non-hydrogen) atoms. The molecule has 0 aliphatic heterocycles. The van der Waals surface area contributed by atoms with Gasteiger partial charge >= 0.3 is 5.97 Å². The highest BCUT2D eigenvalue weighted by Gasteiger charge is 2.12. The van der Waals surface area contributed by atoms with Gasteiger partial charge < -0.3 is 14.6 Å². The van der Waals surface area contributed by atoms with Gasteiger partial charge in [0.2, 0.25) is 0 Å². The zero-order chi connectivity index (χ0) is 30.3. The van der Waals surface area contributed by atoms with E-state index in [1.165, 1.54) is 12.8 Å². The summed E-state index contributed by atoms with van der Waals surface area (Å²) in [5.41, 5.74) is 2.03. The number of rotatable bonds is 9. The summed E-state index contributed by atoms with van der Waals surface area (Å²) in [4.78, 5) is 10.6. The van der Waals surface area contributed by atoms with Crippen LogP contribution in [0, 0.1) is 12.8 Å². The van der Waals surface area contributed by atoms with Crippen LogP contribution in [0.15, 0.2) is 97.9 Å². The van der Waals surface area contributed by atoms with Crippen molar-refractivity contribution in [3.63, 3.8) is 0 Å². The maximum atomic E-state index is 10.6. The minimum absolute atomic E-state index is 0.0764. The minimum atomic E-state index is -0.781. The first kappa shape index (κ1) is 39.8. The standard InChI is InChI=1S/C20H24O4.C6H10.C4H10.C3H6.C2H2/c1-15-6-10-17(4-3-5-19(14-15)23-2)24-18-11-7-16(8-12-18)9-13-20(21)22;1-3-5-6-4-2;1-3-4-2;1-3-2;1-2/h3,5,7-8,11-12,14,17H,1,4,6,9-10,13H2,2H3,(H,21,22);3-4,6H,1,5H2,2H3;3-4H2,1-2H3;3H,1H2,2H3;1-2H/b5-3-,19-14+;6-4-;;;. The molecule has 4 heteroatoms. The topological polar surface area (TPSA) is 55.8 Å². The molecule has 1 atom stereocenters. The van der Waals surface area contributed by atoms with Crippen LogP contribution in [0.4, 0.5) is 0 Å². The molecule has 0 spiro atoms. The first-order valence-electron chi connectivity index (χ1n) is 13.5. The molecular weight excluding hydrogens is 484 g/mol. The van der Waals surface area contributed by atoms with Crippen LogP contribution in [0.5, 0.6) is 5.75 Å². The highest BCUT2D eigenvalue weighted by Crippen LogP contribution is 2.22. The van der Waals surface area contributed by atoms with Gasteiger partial charge in [-0.1, -0.05) is 81.4 Å². The third-order valence-electron chi connectivity index (χ3n) is 4.94. The van der Waals surface area contributed by atoms with Crippen molar-refractivity contribution >= 4 is 5.97 Å². The number of aliphatic carboxylic acids is 1. The van der Waals surface area contributed by atoms with E-state index >= 15 is 0 Å². The molecule has 0 amide bonds. The summed E-state index contributed by atoms with van der Waals surface area (Å²) in [7, 11) is 1.65. The lowest BCUT2D eigenvalue weighted by atomic mass is 10.1. The fourth-order valence-electron chi connectivity index (χ4n) is 2.77. The average molecular weight is 537 g/mol. The maximum Gasteiger partial charge on any atom is 0.303 e. The number of carbonyl (C=O) groups is 1. The van der Waals surface area contributed by atoms with Crippen LogP contribution in [0.25, 0.3) is 0 Å². The summed E-state index contributed by atoms with van der Waals surface area (Å²) >= 11 is 0. The second kappa shape index (κ2) is 30.5. The highest BCUT2D eigenvalue weighted by molar-refractivity contribution is 5.67. The molecular formula is C35H52O4. The summed E-state index contributed by atoms with van der Waals surface area (Å²) in [6.07, 6.45) is 28.6. The van der Waals surface area contributed by atoms with E-state index in [0.717, 1.165) is 48.3 Å². The number of benzene rings is 1. The Morgan fingerprint density at radius 2 is 1.72 bits per heavy atom. The van der Waals surface area contributed by atoms with Gasteiger partial charge in [0.1, 0.15) is 17.6 Å². The Morgan fingerprint density at radius 1 is 1.13 bits per heavy atom. The zero-order valence-electron chi connectivity index (χ0n) is 25.0. The van der Waals surface area contributed by atoms with Crippen LogP contribution in [-0.4, -0.2) is 24.3 Å². The lowest BCUT2D eigenvalue weighted by molar-refractivity contribution is -0.136. The van der Waals surface area contributed by atoms with Gasteiger partial charge in [0.25, 0.3) is 0 Å². The van der Waals surface area contributed by atoms with Gasteiger partial charge in [0.05, 0.1) is 7.11 Å². The number of hydrogen-bond donors (Lipinski definition) is 1. The Morgan fingerprint density at radius 3 is 2.15 bits per heavy atom. The molecule has 0 bridgehead atoms. The largest absolute Gasteiger partial charge is 0.497 e. The summed E-state index contributed by atoms with van der Waals surface area (Å²) < 4.78 is 11.4. The number of aryl methyl sites for hydroxylation is 1. The molecule has 0 saturated heterocycles. The first-order valence-corrected chi connectivity index (χ1v) is 13.5. The van der Waals surface area contributed by atoms with Crippen molar-refractivity contribution in [3.8, 4) is 18.6 Å². The molecule has 4 nitrogen and oxygen atoms in total. The zero-order valence-corrected chi connectivity index (χ0v) is 25.0. The molecule has 0 aromatic heterocycles. The third kappa shape index (κ3) is 27.1. The average Bonchev–Trinajstić information content (AvgIpc) is 3.03. The quantitative estimate of drug-likeness (QED) is 0.252. The van der Waals surface area contributed by atoms with Crippen molar-refractivity contribution in [3.05, 3.63) is 103 Å². The molecule has 0 heterocycles. The summed E-state index contributed by atoms with van der Waals surface area (Å²) in [6, 6.07) is 7.65. The van der Waals surface area contributed by atoms with E-state index in [1.807, 2.05) is 62.4 Å². The first-order chi connectivity index (χ1) is 18.8. The van der Waals surface area contributed by atoms with Gasteiger partial charge in [-0.2, -0.15) is 0 Å². The molecule has 1 aliphatic carbocycles. The van der Waals surface area contributed by atoms with Crippen LogP contribution in [0.3, 0.4) is 0 Å². The maximum absolute atomic E-state index is 10.6. The van der Waals surface area contributed by atoms with E-state index in [0.29, 0.717) is 6.42 Å². The van der Waals surface area contributed by atoms with Crippen LogP contribution in [0.2, 0.25) is 0 Å². The minimum Gasteiger partial charge on any atom is -0.497 e. The molecule has 2 rings (SSSR count). The van der Waals surface area contributed by atoms with Crippen molar-refractivity contribution in [1.82, 2.24) is 0 Å². The van der Waals surface area contributed by atoms with E-state index in [1.54, 1.807) is 13.2 Å². The Hall–Kier alpha value is -3.71. The van der Waals surface area contributed by atoms with E-state index in [4.69, 9.17) is 14.6 Å². The fourth-order valence-corrected chi connectivity index (χ4v) is 2.77.